The van der Waals surface area contributed by atoms with Crippen molar-refractivity contribution in [1.82, 2.24) is 14.7 Å². The van der Waals surface area contributed by atoms with Crippen molar-refractivity contribution >= 4 is 21.6 Å². The number of aliphatic hydroxyl groups excluding tert-OH is 1. The van der Waals surface area contributed by atoms with Crippen molar-refractivity contribution in [2.75, 3.05) is 0 Å². The van der Waals surface area contributed by atoms with Gasteiger partial charge in [0, 0.05) is 11.5 Å². The van der Waals surface area contributed by atoms with E-state index in [0.29, 0.717) is 6.42 Å². The average Bonchev–Trinajstić information content (AvgIpc) is 2.29. The first-order valence-electron chi connectivity index (χ1n) is 5.41. The first-order chi connectivity index (χ1) is 8.23. The number of aliphatic hydroxyl groups is 1. The second kappa shape index (κ2) is 4.41. The van der Waals surface area contributed by atoms with Gasteiger partial charge in [-0.25, -0.2) is 23.1 Å². The molecule has 2 rings (SSSR count). The van der Waals surface area contributed by atoms with Gasteiger partial charge in [-0.15, -0.1) is 0 Å². The van der Waals surface area contributed by atoms with Crippen molar-refractivity contribution < 1.29 is 13.5 Å². The van der Waals surface area contributed by atoms with Gasteiger partial charge in [0.15, 0.2) is 0 Å². The van der Waals surface area contributed by atoms with Crippen LogP contribution in [0.3, 0.4) is 0 Å². The van der Waals surface area contributed by atoms with Gasteiger partial charge in [-0.1, -0.05) is 13.8 Å². The van der Waals surface area contributed by atoms with Crippen molar-refractivity contribution in [3.8, 4) is 0 Å². The van der Waals surface area contributed by atoms with E-state index in [0.717, 1.165) is 12.4 Å². The summed E-state index contributed by atoms with van der Waals surface area (Å²) in [5, 5.41) is 9.57. The van der Waals surface area contributed by atoms with Crippen molar-refractivity contribution in [3.05, 3.63) is 17.7 Å². The molecule has 1 heterocycles. The normalized spacial score (nSPS) is 26.7. The van der Waals surface area contributed by atoms with E-state index in [1.807, 2.05) is 13.8 Å². The Bertz CT molecular complexity index is 544. The number of hydrogen-bond donors (Lipinski definition) is 2. The molecule has 1 aromatic rings. The molecule has 6 nitrogen and oxygen atoms in total. The minimum Gasteiger partial charge on any atom is -0.392 e. The van der Waals surface area contributed by atoms with Crippen LogP contribution in [0.2, 0.25) is 5.28 Å². The number of hydrogen-bond acceptors (Lipinski definition) is 5. The summed E-state index contributed by atoms with van der Waals surface area (Å²) in [7, 11) is -3.68. The predicted octanol–water partition coefficient (Wildman–Crippen LogP) is 0.568. The van der Waals surface area contributed by atoms with Gasteiger partial charge in [-0.2, -0.15) is 0 Å². The summed E-state index contributed by atoms with van der Waals surface area (Å²) in [5.41, 5.74) is -0.472. The van der Waals surface area contributed by atoms with E-state index in [4.69, 9.17) is 11.6 Å². The Morgan fingerprint density at radius 2 is 2.00 bits per heavy atom. The maximum absolute atomic E-state index is 12.0. The number of aromatic nitrogens is 2. The third kappa shape index (κ3) is 2.35. The lowest BCUT2D eigenvalue weighted by Crippen LogP contribution is -2.61. The van der Waals surface area contributed by atoms with Gasteiger partial charge in [0.25, 0.3) is 0 Å². The van der Waals surface area contributed by atoms with Crippen LogP contribution >= 0.6 is 11.6 Å². The predicted molar refractivity (Wildman–Crippen MR) is 65.6 cm³/mol. The molecule has 100 valence electrons. The largest absolute Gasteiger partial charge is 0.392 e. The number of sulfonamides is 1. The van der Waals surface area contributed by atoms with Gasteiger partial charge >= 0.3 is 0 Å². The number of nitrogens with one attached hydrogen (secondary N) is 1. The summed E-state index contributed by atoms with van der Waals surface area (Å²) >= 11 is 5.50. The summed E-state index contributed by atoms with van der Waals surface area (Å²) in [6.07, 6.45) is 2.21. The molecular weight excluding hydrogens is 278 g/mol. The van der Waals surface area contributed by atoms with E-state index in [2.05, 4.69) is 14.7 Å². The molecule has 8 heteroatoms. The van der Waals surface area contributed by atoms with Gasteiger partial charge in [0.2, 0.25) is 15.3 Å². The quantitative estimate of drug-likeness (QED) is 0.794. The Hall–Kier alpha value is -0.760. The van der Waals surface area contributed by atoms with E-state index < -0.39 is 21.5 Å². The molecular formula is C10H14ClN3O3S. The molecule has 0 aromatic carbocycles. The molecule has 0 amide bonds. The fraction of sp³-hybridized carbons (Fsp3) is 0.600. The number of nitrogens with zero attached hydrogens (tertiary/aromatic N) is 2. The Labute approximate surface area is 110 Å². The summed E-state index contributed by atoms with van der Waals surface area (Å²) < 4.78 is 26.6. The first-order valence-corrected chi connectivity index (χ1v) is 7.27. The highest BCUT2D eigenvalue weighted by Gasteiger charge is 2.48. The average molecular weight is 292 g/mol. The zero-order chi connectivity index (χ0) is 13.6. The third-order valence-electron chi connectivity index (χ3n) is 3.42. The molecule has 1 saturated carbocycles. The molecule has 1 aromatic heterocycles. The van der Waals surface area contributed by atoms with Crippen molar-refractivity contribution in [2.24, 2.45) is 5.41 Å². The van der Waals surface area contributed by atoms with E-state index in [-0.39, 0.29) is 16.2 Å². The van der Waals surface area contributed by atoms with Gasteiger partial charge in [0.1, 0.15) is 4.90 Å². The van der Waals surface area contributed by atoms with E-state index in [1.165, 1.54) is 0 Å². The summed E-state index contributed by atoms with van der Waals surface area (Å²) in [4.78, 5) is 7.23. The van der Waals surface area contributed by atoms with Crippen LogP contribution in [0.5, 0.6) is 0 Å². The maximum atomic E-state index is 12.0. The standard InChI is InChI=1S/C10H14ClN3O3S/c1-10(2)7(3-8(10)15)14-18(16,17)6-4-12-9(11)13-5-6/h4-5,7-8,14-15H,3H2,1-2H3. The lowest BCUT2D eigenvalue weighted by molar-refractivity contribution is -0.0645. The topological polar surface area (TPSA) is 92.2 Å². The lowest BCUT2D eigenvalue weighted by Gasteiger charge is -2.49. The van der Waals surface area contributed by atoms with Gasteiger partial charge < -0.3 is 5.11 Å². The van der Waals surface area contributed by atoms with E-state index >= 15 is 0 Å². The Morgan fingerprint density at radius 3 is 2.44 bits per heavy atom. The minimum atomic E-state index is -3.68. The second-order valence-electron chi connectivity index (χ2n) is 4.93. The van der Waals surface area contributed by atoms with Crippen molar-refractivity contribution in [3.63, 3.8) is 0 Å². The SMILES string of the molecule is CC1(C)C(O)CC1NS(=O)(=O)c1cnc(Cl)nc1. The van der Waals surface area contributed by atoms with Crippen LogP contribution in [0.1, 0.15) is 20.3 Å². The van der Waals surface area contributed by atoms with Crippen LogP contribution < -0.4 is 4.72 Å². The van der Waals surface area contributed by atoms with Crippen LogP contribution in [0.15, 0.2) is 17.3 Å². The van der Waals surface area contributed by atoms with E-state index in [9.17, 15) is 13.5 Å². The molecule has 1 aliphatic carbocycles. The van der Waals surface area contributed by atoms with Crippen LogP contribution in [0, 0.1) is 5.41 Å². The van der Waals surface area contributed by atoms with Crippen molar-refractivity contribution in [2.45, 2.75) is 37.3 Å². The monoisotopic (exact) mass is 291 g/mol. The van der Waals surface area contributed by atoms with Gasteiger partial charge in [0.05, 0.1) is 18.5 Å². The smallest absolute Gasteiger partial charge is 0.243 e. The zero-order valence-electron chi connectivity index (χ0n) is 9.96. The highest BCUT2D eigenvalue weighted by atomic mass is 35.5. The van der Waals surface area contributed by atoms with Crippen LogP contribution in [-0.4, -0.2) is 35.6 Å². The molecule has 0 spiro atoms. The Balaban J connectivity index is 2.16. The Morgan fingerprint density at radius 1 is 1.44 bits per heavy atom. The molecule has 0 bridgehead atoms. The first kappa shape index (κ1) is 13.7. The molecule has 1 fully saturated rings. The highest BCUT2D eigenvalue weighted by molar-refractivity contribution is 7.89. The summed E-state index contributed by atoms with van der Waals surface area (Å²) in [6, 6.07) is -0.298. The minimum absolute atomic E-state index is 0.00616. The summed E-state index contributed by atoms with van der Waals surface area (Å²) in [5.74, 6) is 0. The molecule has 18 heavy (non-hydrogen) atoms. The van der Waals surface area contributed by atoms with Gasteiger partial charge in [-0.05, 0) is 18.0 Å². The molecule has 1 aliphatic rings. The molecule has 0 radical (unpaired) electrons. The van der Waals surface area contributed by atoms with Crippen LogP contribution in [-0.2, 0) is 10.0 Å². The fourth-order valence-electron chi connectivity index (χ4n) is 1.80. The van der Waals surface area contributed by atoms with E-state index in [1.54, 1.807) is 0 Å². The van der Waals surface area contributed by atoms with Crippen molar-refractivity contribution in [1.29, 1.82) is 0 Å². The second-order valence-corrected chi connectivity index (χ2v) is 6.99. The van der Waals surface area contributed by atoms with Crippen LogP contribution in [0.25, 0.3) is 0 Å². The Kier molecular flexibility index (Phi) is 3.35. The lowest BCUT2D eigenvalue weighted by atomic mass is 9.65. The van der Waals surface area contributed by atoms with Gasteiger partial charge in [-0.3, -0.25) is 0 Å². The molecule has 0 saturated heterocycles. The molecule has 2 unspecified atom stereocenters. The number of rotatable bonds is 3. The zero-order valence-corrected chi connectivity index (χ0v) is 11.5. The molecule has 2 atom stereocenters. The maximum Gasteiger partial charge on any atom is 0.243 e. The molecule has 0 aliphatic heterocycles. The third-order valence-corrected chi connectivity index (χ3v) is 5.04. The number of halogens is 1. The molecule has 2 N–H and O–H groups in total. The highest BCUT2D eigenvalue weighted by Crippen LogP contribution is 2.41. The van der Waals surface area contributed by atoms with Crippen LogP contribution in [0.4, 0.5) is 0 Å². The summed E-state index contributed by atoms with van der Waals surface area (Å²) in [6.45, 7) is 3.62. The fourth-order valence-corrected chi connectivity index (χ4v) is 3.19.